The summed E-state index contributed by atoms with van der Waals surface area (Å²) in [7, 11) is 0. The van der Waals surface area contributed by atoms with Crippen LogP contribution in [-0.4, -0.2) is 17.0 Å². The number of halogens is 2. The van der Waals surface area contributed by atoms with Crippen molar-refractivity contribution in [3.8, 4) is 0 Å². The van der Waals surface area contributed by atoms with E-state index < -0.39 is 17.7 Å². The van der Waals surface area contributed by atoms with Gasteiger partial charge in [0, 0.05) is 9.13 Å². The molecule has 0 heterocycles. The lowest BCUT2D eigenvalue weighted by Gasteiger charge is -2.08. The Hall–Kier alpha value is -1.96. The summed E-state index contributed by atoms with van der Waals surface area (Å²) in [5.74, 6) is -2.42. The smallest absolute Gasteiger partial charge is 0.337 e. The number of aromatic carboxylic acids is 1. The Morgan fingerprint density at radius 2 is 1.75 bits per heavy atom. The maximum Gasteiger partial charge on any atom is 0.337 e. The van der Waals surface area contributed by atoms with Crippen LogP contribution in [-0.2, 0) is 0 Å². The van der Waals surface area contributed by atoms with Crippen molar-refractivity contribution < 1.29 is 19.1 Å². The Balaban J connectivity index is 2.28. The van der Waals surface area contributed by atoms with E-state index in [-0.39, 0.29) is 11.3 Å². The zero-order chi connectivity index (χ0) is 14.7. The summed E-state index contributed by atoms with van der Waals surface area (Å²) in [5, 5.41) is 11.5. The average Bonchev–Trinajstić information content (AvgIpc) is 2.41. The summed E-state index contributed by atoms with van der Waals surface area (Å²) in [6, 6.07) is 9.96. The van der Waals surface area contributed by atoms with Crippen LogP contribution in [0.2, 0.25) is 0 Å². The zero-order valence-corrected chi connectivity index (χ0v) is 12.2. The van der Waals surface area contributed by atoms with Gasteiger partial charge in [-0.15, -0.1) is 0 Å². The number of nitrogens with one attached hydrogen (secondary N) is 1. The van der Waals surface area contributed by atoms with Gasteiger partial charge in [-0.3, -0.25) is 4.79 Å². The number of benzene rings is 2. The highest BCUT2D eigenvalue weighted by molar-refractivity contribution is 14.1. The summed E-state index contributed by atoms with van der Waals surface area (Å²) < 4.78 is 14.0. The Morgan fingerprint density at radius 3 is 2.35 bits per heavy atom. The molecule has 0 aliphatic rings. The minimum atomic E-state index is -1.30. The molecule has 4 nitrogen and oxygen atoms in total. The van der Waals surface area contributed by atoms with E-state index in [0.29, 0.717) is 5.56 Å². The summed E-state index contributed by atoms with van der Waals surface area (Å²) in [6.07, 6.45) is 0. The predicted octanol–water partition coefficient (Wildman–Crippen LogP) is 3.38. The molecule has 0 saturated carbocycles. The van der Waals surface area contributed by atoms with Crippen molar-refractivity contribution in [3.63, 3.8) is 0 Å². The van der Waals surface area contributed by atoms with Crippen molar-refractivity contribution >= 4 is 40.2 Å². The molecule has 0 aliphatic carbocycles. The van der Waals surface area contributed by atoms with Crippen LogP contribution < -0.4 is 5.32 Å². The average molecular weight is 385 g/mol. The zero-order valence-electron chi connectivity index (χ0n) is 10.1. The number of rotatable bonds is 3. The van der Waals surface area contributed by atoms with Crippen LogP contribution in [0.5, 0.6) is 0 Å². The Kier molecular flexibility index (Phi) is 4.33. The van der Waals surface area contributed by atoms with Crippen LogP contribution in [0.15, 0.2) is 42.5 Å². The Bertz CT molecular complexity index is 671. The molecule has 0 atom stereocenters. The predicted molar refractivity (Wildman–Crippen MR) is 80.5 cm³/mol. The second-order valence-electron chi connectivity index (χ2n) is 3.96. The fourth-order valence-electron chi connectivity index (χ4n) is 1.60. The van der Waals surface area contributed by atoms with Crippen LogP contribution in [0.3, 0.4) is 0 Å². The molecule has 2 N–H and O–H groups in total. The largest absolute Gasteiger partial charge is 0.478 e. The molecule has 0 bridgehead atoms. The highest BCUT2D eigenvalue weighted by Crippen LogP contribution is 2.18. The third kappa shape index (κ3) is 3.32. The van der Waals surface area contributed by atoms with E-state index >= 15 is 0 Å². The molecule has 0 aliphatic heterocycles. The molecule has 0 fully saturated rings. The highest BCUT2D eigenvalue weighted by Gasteiger charge is 2.14. The van der Waals surface area contributed by atoms with Gasteiger partial charge >= 0.3 is 5.97 Å². The summed E-state index contributed by atoms with van der Waals surface area (Å²) in [5.41, 5.74) is 0.164. The second kappa shape index (κ2) is 6.00. The van der Waals surface area contributed by atoms with E-state index in [1.54, 1.807) is 24.3 Å². The van der Waals surface area contributed by atoms with Crippen LogP contribution in [0.4, 0.5) is 10.1 Å². The molecule has 0 unspecified atom stereocenters. The molecule has 0 spiro atoms. The van der Waals surface area contributed by atoms with Crippen molar-refractivity contribution in [3.05, 3.63) is 63.0 Å². The van der Waals surface area contributed by atoms with Crippen LogP contribution >= 0.6 is 22.6 Å². The van der Waals surface area contributed by atoms with E-state index in [1.807, 2.05) is 0 Å². The normalized spacial score (nSPS) is 10.1. The minimum Gasteiger partial charge on any atom is -0.478 e. The van der Waals surface area contributed by atoms with Gasteiger partial charge in [0.05, 0.1) is 11.3 Å². The fourth-order valence-corrected chi connectivity index (χ4v) is 1.96. The van der Waals surface area contributed by atoms with Gasteiger partial charge in [-0.25, -0.2) is 9.18 Å². The first kappa shape index (κ1) is 14.4. The van der Waals surface area contributed by atoms with E-state index in [9.17, 15) is 14.0 Å². The first-order valence-electron chi connectivity index (χ1n) is 5.57. The number of amides is 1. The van der Waals surface area contributed by atoms with Crippen molar-refractivity contribution in [1.29, 1.82) is 0 Å². The second-order valence-corrected chi connectivity index (χ2v) is 5.20. The van der Waals surface area contributed by atoms with Gasteiger partial charge in [0.1, 0.15) is 5.82 Å². The standard InChI is InChI=1S/C14H9FINO3/c15-9-3-6-12(11(7-9)14(19)20)17-13(18)8-1-4-10(16)5-2-8/h1-7H,(H,17,18)(H,19,20). The number of hydrogen-bond acceptors (Lipinski definition) is 2. The topological polar surface area (TPSA) is 66.4 Å². The maximum atomic E-state index is 13.0. The van der Waals surface area contributed by atoms with E-state index in [0.717, 1.165) is 15.7 Å². The lowest BCUT2D eigenvalue weighted by molar-refractivity contribution is 0.0697. The molecule has 1 amide bonds. The number of carboxylic acids is 1. The number of anilines is 1. The lowest BCUT2D eigenvalue weighted by atomic mass is 10.1. The summed E-state index contributed by atoms with van der Waals surface area (Å²) in [4.78, 5) is 23.0. The van der Waals surface area contributed by atoms with Crippen molar-refractivity contribution in [2.45, 2.75) is 0 Å². The molecule has 2 aromatic rings. The van der Waals surface area contributed by atoms with Crippen molar-refractivity contribution in [1.82, 2.24) is 0 Å². The first-order valence-corrected chi connectivity index (χ1v) is 6.65. The van der Waals surface area contributed by atoms with Gasteiger partial charge in [-0.05, 0) is 65.1 Å². The van der Waals surface area contributed by atoms with Crippen molar-refractivity contribution in [2.75, 3.05) is 5.32 Å². The molecular formula is C14H9FINO3. The molecule has 0 radical (unpaired) electrons. The monoisotopic (exact) mass is 385 g/mol. The Morgan fingerprint density at radius 1 is 1.10 bits per heavy atom. The number of hydrogen-bond donors (Lipinski definition) is 2. The minimum absolute atomic E-state index is 0.0578. The molecule has 2 rings (SSSR count). The molecule has 102 valence electrons. The van der Waals surface area contributed by atoms with Crippen LogP contribution in [0, 0.1) is 9.39 Å². The SMILES string of the molecule is O=C(Nc1ccc(F)cc1C(=O)O)c1ccc(I)cc1. The van der Waals surface area contributed by atoms with Gasteiger partial charge in [0.15, 0.2) is 0 Å². The molecule has 2 aromatic carbocycles. The third-order valence-electron chi connectivity index (χ3n) is 2.57. The number of carbonyl (C=O) groups is 2. The lowest BCUT2D eigenvalue weighted by Crippen LogP contribution is -2.15. The van der Waals surface area contributed by atoms with Gasteiger partial charge in [0.2, 0.25) is 0 Å². The maximum absolute atomic E-state index is 13.0. The van der Waals surface area contributed by atoms with Gasteiger partial charge in [-0.2, -0.15) is 0 Å². The van der Waals surface area contributed by atoms with Gasteiger partial charge in [-0.1, -0.05) is 0 Å². The quantitative estimate of drug-likeness (QED) is 0.797. The molecule has 20 heavy (non-hydrogen) atoms. The molecule has 6 heteroatoms. The first-order chi connectivity index (χ1) is 9.47. The summed E-state index contributed by atoms with van der Waals surface area (Å²) >= 11 is 2.11. The Labute approximate surface area is 127 Å². The summed E-state index contributed by atoms with van der Waals surface area (Å²) in [6.45, 7) is 0. The highest BCUT2D eigenvalue weighted by atomic mass is 127. The third-order valence-corrected chi connectivity index (χ3v) is 3.29. The van der Waals surface area contributed by atoms with Crippen molar-refractivity contribution in [2.24, 2.45) is 0 Å². The molecule has 0 saturated heterocycles. The van der Waals surface area contributed by atoms with Gasteiger partial charge < -0.3 is 10.4 Å². The number of carboxylic acid groups (broad SMARTS) is 1. The van der Waals surface area contributed by atoms with E-state index in [4.69, 9.17) is 5.11 Å². The number of carbonyl (C=O) groups excluding carboxylic acids is 1. The molecule has 0 aromatic heterocycles. The van der Waals surface area contributed by atoms with E-state index in [1.165, 1.54) is 6.07 Å². The van der Waals surface area contributed by atoms with Crippen LogP contribution in [0.25, 0.3) is 0 Å². The molecular weight excluding hydrogens is 376 g/mol. The van der Waals surface area contributed by atoms with Gasteiger partial charge in [0.25, 0.3) is 5.91 Å². The van der Waals surface area contributed by atoms with Crippen LogP contribution in [0.1, 0.15) is 20.7 Å². The fraction of sp³-hybridized carbons (Fsp3) is 0. The van der Waals surface area contributed by atoms with E-state index in [2.05, 4.69) is 27.9 Å².